The largest absolute Gasteiger partial charge is 0.457 e. The van der Waals surface area contributed by atoms with Crippen LogP contribution in [0.4, 0.5) is 5.82 Å². The van der Waals surface area contributed by atoms with Gasteiger partial charge in [0.1, 0.15) is 41.1 Å². The van der Waals surface area contributed by atoms with Gasteiger partial charge >= 0.3 is 0 Å². The van der Waals surface area contributed by atoms with Crippen molar-refractivity contribution in [1.29, 1.82) is 5.26 Å². The van der Waals surface area contributed by atoms with Crippen LogP contribution in [0.1, 0.15) is 18.2 Å². The van der Waals surface area contributed by atoms with Crippen molar-refractivity contribution < 1.29 is 19.0 Å². The fourth-order valence-electron chi connectivity index (χ4n) is 5.51. The second-order valence-electron chi connectivity index (χ2n) is 10.5. The third kappa shape index (κ3) is 6.89. The van der Waals surface area contributed by atoms with Crippen LogP contribution >= 0.6 is 0 Å². The van der Waals surface area contributed by atoms with Crippen molar-refractivity contribution in [1.82, 2.24) is 24.3 Å². The van der Waals surface area contributed by atoms with Crippen molar-refractivity contribution >= 4 is 22.8 Å². The molecule has 1 aliphatic rings. The van der Waals surface area contributed by atoms with Crippen molar-refractivity contribution in [3.8, 4) is 28.7 Å². The quantitative estimate of drug-likeness (QED) is 0.225. The first-order valence-corrected chi connectivity index (χ1v) is 14.6. The average molecular weight is 596 g/mol. The summed E-state index contributed by atoms with van der Waals surface area (Å²) in [6.45, 7) is 4.34. The number of fused-ring (bicyclic) bond motifs is 1. The zero-order valence-corrected chi connectivity index (χ0v) is 25.1. The lowest BCUT2D eigenvalue weighted by Gasteiger charge is -2.20. The number of anilines is 1. The zero-order chi connectivity index (χ0) is 30.9. The molecule has 228 valence electrons. The number of nitriles is 1. The molecule has 3 heterocycles. The van der Waals surface area contributed by atoms with Crippen molar-refractivity contribution in [2.45, 2.75) is 12.5 Å². The number of aromatic nitrogens is 3. The Balaban J connectivity index is 1.37. The molecule has 11 heteroatoms. The predicted molar refractivity (Wildman–Crippen MR) is 168 cm³/mol. The molecule has 0 aliphatic carbocycles. The van der Waals surface area contributed by atoms with Gasteiger partial charge in [-0.25, -0.2) is 9.97 Å². The second-order valence-corrected chi connectivity index (χ2v) is 10.5. The standard InChI is InChI=1S/C33H37N7O4/c1-42-19-17-38(18-20-43-2)15-6-9-29(41)39-16-14-25(22-39)40-28(21-34)30(31-32(35)36-23-37-33(31)40)24-10-12-27(13-11-24)44-26-7-4-3-5-8-26/h3-13,23,25H,14-20,22H2,1-2H3,(H2,35,36,37)/t25-/m1/s1. The Hall–Kier alpha value is -4.76. The molecule has 0 saturated carbocycles. The SMILES string of the molecule is COCCN(CC=CC(=O)N1CC[C@@H](n2c(C#N)c(-c3ccc(Oc4ccccc4)cc3)c3c(N)ncnc32)C1)CCOC. The Morgan fingerprint density at radius 3 is 2.45 bits per heavy atom. The van der Waals surface area contributed by atoms with E-state index in [1.165, 1.54) is 6.33 Å². The van der Waals surface area contributed by atoms with Gasteiger partial charge in [-0.1, -0.05) is 36.4 Å². The van der Waals surface area contributed by atoms with Gasteiger partial charge in [0.05, 0.1) is 24.6 Å². The molecular formula is C33H37N7O4. The molecule has 2 aromatic carbocycles. The molecule has 2 aromatic heterocycles. The Labute approximate surface area is 257 Å². The molecule has 0 bridgehead atoms. The van der Waals surface area contributed by atoms with Crippen LogP contribution in [0.25, 0.3) is 22.2 Å². The molecule has 5 rings (SSSR count). The Morgan fingerprint density at radius 2 is 1.77 bits per heavy atom. The molecule has 1 aliphatic heterocycles. The van der Waals surface area contributed by atoms with Crippen LogP contribution in [0.2, 0.25) is 0 Å². The minimum Gasteiger partial charge on any atom is -0.457 e. The number of nitrogens with zero attached hydrogens (tertiary/aromatic N) is 6. The summed E-state index contributed by atoms with van der Waals surface area (Å²) >= 11 is 0. The van der Waals surface area contributed by atoms with Crippen LogP contribution in [0.15, 0.2) is 73.1 Å². The highest BCUT2D eigenvalue weighted by Gasteiger charge is 2.32. The Morgan fingerprint density at radius 1 is 1.07 bits per heavy atom. The van der Waals surface area contributed by atoms with E-state index in [9.17, 15) is 10.1 Å². The van der Waals surface area contributed by atoms with E-state index in [2.05, 4.69) is 20.9 Å². The summed E-state index contributed by atoms with van der Waals surface area (Å²) in [6, 6.07) is 19.3. The maximum atomic E-state index is 13.1. The molecule has 1 fully saturated rings. The van der Waals surface area contributed by atoms with Gasteiger partial charge in [-0.3, -0.25) is 9.69 Å². The van der Waals surface area contributed by atoms with E-state index in [1.807, 2.05) is 70.1 Å². The van der Waals surface area contributed by atoms with Gasteiger partial charge in [0.25, 0.3) is 0 Å². The minimum absolute atomic E-state index is 0.0655. The molecule has 44 heavy (non-hydrogen) atoms. The van der Waals surface area contributed by atoms with E-state index in [-0.39, 0.29) is 11.9 Å². The Bertz CT molecular complexity index is 1620. The van der Waals surface area contributed by atoms with E-state index in [0.29, 0.717) is 73.1 Å². The van der Waals surface area contributed by atoms with Crippen LogP contribution < -0.4 is 10.5 Å². The van der Waals surface area contributed by atoms with Gasteiger partial charge in [-0.2, -0.15) is 5.26 Å². The monoisotopic (exact) mass is 595 g/mol. The summed E-state index contributed by atoms with van der Waals surface area (Å²) < 4.78 is 18.3. The van der Waals surface area contributed by atoms with Crippen molar-refractivity contribution in [3.05, 3.63) is 78.8 Å². The maximum absolute atomic E-state index is 13.1. The van der Waals surface area contributed by atoms with E-state index >= 15 is 0 Å². The molecule has 1 atom stereocenters. The first-order valence-electron chi connectivity index (χ1n) is 14.6. The van der Waals surface area contributed by atoms with E-state index in [0.717, 1.165) is 24.4 Å². The number of nitrogen functional groups attached to an aromatic ring is 1. The number of nitrogens with two attached hydrogens (primary N) is 1. The van der Waals surface area contributed by atoms with Gasteiger partial charge in [0, 0.05) is 58.6 Å². The van der Waals surface area contributed by atoms with Crippen molar-refractivity contribution in [2.24, 2.45) is 0 Å². The highest BCUT2D eigenvalue weighted by atomic mass is 16.5. The molecule has 0 radical (unpaired) electrons. The van der Waals surface area contributed by atoms with E-state index in [4.69, 9.17) is 19.9 Å². The lowest BCUT2D eigenvalue weighted by molar-refractivity contribution is -0.125. The maximum Gasteiger partial charge on any atom is 0.246 e. The van der Waals surface area contributed by atoms with Gasteiger partial charge in [-0.15, -0.1) is 0 Å². The topological polar surface area (TPSA) is 132 Å². The summed E-state index contributed by atoms with van der Waals surface area (Å²) in [5, 5.41) is 11.1. The van der Waals surface area contributed by atoms with Gasteiger partial charge in [-0.05, 0) is 36.2 Å². The number of benzene rings is 2. The van der Waals surface area contributed by atoms with Crippen molar-refractivity contribution in [3.63, 3.8) is 0 Å². The van der Waals surface area contributed by atoms with Gasteiger partial charge in [0.15, 0.2) is 0 Å². The predicted octanol–water partition coefficient (Wildman–Crippen LogP) is 4.27. The smallest absolute Gasteiger partial charge is 0.246 e. The third-order valence-electron chi connectivity index (χ3n) is 7.73. The number of ether oxygens (including phenoxy) is 3. The Kier molecular flexibility index (Phi) is 10.2. The van der Waals surface area contributed by atoms with Crippen LogP contribution in [-0.2, 0) is 14.3 Å². The highest BCUT2D eigenvalue weighted by molar-refractivity contribution is 6.03. The summed E-state index contributed by atoms with van der Waals surface area (Å²) in [6.07, 6.45) is 5.59. The summed E-state index contributed by atoms with van der Waals surface area (Å²) in [7, 11) is 3.34. The van der Waals surface area contributed by atoms with E-state index < -0.39 is 0 Å². The first-order chi connectivity index (χ1) is 21.5. The molecule has 0 spiro atoms. The van der Waals surface area contributed by atoms with Gasteiger partial charge in [0.2, 0.25) is 5.91 Å². The molecule has 0 unspecified atom stereocenters. The second kappa shape index (κ2) is 14.6. The molecule has 2 N–H and O–H groups in total. The third-order valence-corrected chi connectivity index (χ3v) is 7.73. The number of carbonyl (C=O) groups excluding carboxylic acids is 1. The first kappa shape index (κ1) is 30.7. The molecule has 1 amide bonds. The summed E-state index contributed by atoms with van der Waals surface area (Å²) in [5.41, 5.74) is 8.87. The normalized spacial score (nSPS) is 15.0. The van der Waals surface area contributed by atoms with Crippen LogP contribution in [0.3, 0.4) is 0 Å². The van der Waals surface area contributed by atoms with Crippen LogP contribution in [-0.4, -0.2) is 90.4 Å². The lowest BCUT2D eigenvalue weighted by Crippen LogP contribution is -2.31. The molecular weight excluding hydrogens is 558 g/mol. The summed E-state index contributed by atoms with van der Waals surface area (Å²) in [4.78, 5) is 25.9. The number of amides is 1. The fourth-order valence-corrected chi connectivity index (χ4v) is 5.51. The average Bonchev–Trinajstić information content (AvgIpc) is 3.66. The highest BCUT2D eigenvalue weighted by Crippen LogP contribution is 2.40. The van der Waals surface area contributed by atoms with Crippen LogP contribution in [0, 0.1) is 11.3 Å². The number of hydrogen-bond acceptors (Lipinski definition) is 9. The minimum atomic E-state index is -0.145. The van der Waals surface area contributed by atoms with Gasteiger partial charge < -0.3 is 29.4 Å². The number of carbonyl (C=O) groups is 1. The fraction of sp³-hybridized carbons (Fsp3) is 0.333. The molecule has 1 saturated heterocycles. The zero-order valence-electron chi connectivity index (χ0n) is 25.1. The molecule has 4 aromatic rings. The number of hydrogen-bond donors (Lipinski definition) is 1. The lowest BCUT2D eigenvalue weighted by atomic mass is 10.0. The van der Waals surface area contributed by atoms with E-state index in [1.54, 1.807) is 20.3 Å². The summed E-state index contributed by atoms with van der Waals surface area (Å²) in [5.74, 6) is 1.64. The number of rotatable bonds is 13. The number of para-hydroxylation sites is 1. The molecule has 11 nitrogen and oxygen atoms in total. The number of methoxy groups -OCH3 is 2. The number of likely N-dealkylation sites (tertiary alicyclic amines) is 1. The van der Waals surface area contributed by atoms with Crippen molar-refractivity contribution in [2.75, 3.05) is 65.9 Å². The van der Waals surface area contributed by atoms with Crippen LogP contribution in [0.5, 0.6) is 11.5 Å².